The number of hydrogen-bond donors (Lipinski definition) is 1. The molecule has 0 spiro atoms. The van der Waals surface area contributed by atoms with Crippen molar-refractivity contribution in [1.82, 2.24) is 10.2 Å². The summed E-state index contributed by atoms with van der Waals surface area (Å²) >= 11 is -1.93. The molecule has 1 aliphatic rings. The molecule has 1 fully saturated rings. The van der Waals surface area contributed by atoms with Crippen LogP contribution in [-0.2, 0) is 0 Å². The monoisotopic (exact) mass is 322 g/mol. The molecular weight excluding hydrogens is 303 g/mol. The van der Waals surface area contributed by atoms with Gasteiger partial charge in [-0.05, 0) is 0 Å². The summed E-state index contributed by atoms with van der Waals surface area (Å²) in [6.07, 6.45) is 2.64. The minimum absolute atomic E-state index is 0.735. The first-order valence-corrected chi connectivity index (χ1v) is 16.0. The van der Waals surface area contributed by atoms with Crippen LogP contribution in [0.3, 0.4) is 0 Å². The molecule has 3 heteroatoms. The van der Waals surface area contributed by atoms with Crippen LogP contribution in [0.4, 0.5) is 0 Å². The van der Waals surface area contributed by atoms with E-state index in [0.717, 1.165) is 5.92 Å². The Morgan fingerprint density at radius 1 is 1.25 bits per heavy atom. The summed E-state index contributed by atoms with van der Waals surface area (Å²) in [5.74, 6) is 0.735. The second-order valence-corrected chi connectivity index (χ2v) is 20.4. The quantitative estimate of drug-likeness (QED) is 0.847. The zero-order valence-electron chi connectivity index (χ0n) is 10.2. The van der Waals surface area contributed by atoms with Crippen LogP contribution < -0.4 is 3.58 Å². The number of rotatable bonds is 2. The van der Waals surface area contributed by atoms with Crippen LogP contribution in [0.25, 0.3) is 10.9 Å². The summed E-state index contributed by atoms with van der Waals surface area (Å²) in [7, 11) is 0. The van der Waals surface area contributed by atoms with E-state index in [-0.39, 0.29) is 0 Å². The van der Waals surface area contributed by atoms with Crippen LogP contribution in [0.2, 0.25) is 14.8 Å². The molecule has 3 rings (SSSR count). The molecule has 0 aliphatic heterocycles. The van der Waals surface area contributed by atoms with E-state index in [9.17, 15) is 0 Å². The maximum absolute atomic E-state index is 4.48. The Labute approximate surface area is 100 Å². The molecule has 0 bridgehead atoms. The fourth-order valence-corrected chi connectivity index (χ4v) is 5.48. The Bertz CT molecular complexity index is 532. The van der Waals surface area contributed by atoms with Gasteiger partial charge in [0.1, 0.15) is 0 Å². The Morgan fingerprint density at radius 2 is 2.00 bits per heavy atom. The Morgan fingerprint density at radius 3 is 2.62 bits per heavy atom. The summed E-state index contributed by atoms with van der Waals surface area (Å²) in [6, 6.07) is 6.92. The number of benzene rings is 1. The molecule has 0 atom stereocenters. The molecule has 1 saturated carbocycles. The zero-order valence-corrected chi connectivity index (χ0v) is 13.0. The summed E-state index contributed by atoms with van der Waals surface area (Å²) in [6.45, 7) is 0. The van der Waals surface area contributed by atoms with Gasteiger partial charge in [0.2, 0.25) is 0 Å². The maximum atomic E-state index is 4.48. The van der Waals surface area contributed by atoms with Gasteiger partial charge in [-0.15, -0.1) is 0 Å². The van der Waals surface area contributed by atoms with Crippen molar-refractivity contribution in [3.8, 4) is 0 Å². The molecule has 1 aromatic heterocycles. The summed E-state index contributed by atoms with van der Waals surface area (Å²) in [5.41, 5.74) is 2.52. The van der Waals surface area contributed by atoms with Gasteiger partial charge in [0.15, 0.2) is 0 Å². The van der Waals surface area contributed by atoms with E-state index in [0.29, 0.717) is 0 Å². The summed E-state index contributed by atoms with van der Waals surface area (Å²) in [5, 5.41) is 9.02. The van der Waals surface area contributed by atoms with Crippen molar-refractivity contribution in [3.05, 3.63) is 23.9 Å². The molecule has 16 heavy (non-hydrogen) atoms. The summed E-state index contributed by atoms with van der Waals surface area (Å²) < 4.78 is 1.60. The molecule has 1 aliphatic carbocycles. The first kappa shape index (κ1) is 10.6. The Balaban J connectivity index is 2.17. The van der Waals surface area contributed by atoms with E-state index in [1.54, 1.807) is 3.58 Å². The number of nitrogens with zero attached hydrogens (tertiary/aromatic N) is 1. The third kappa shape index (κ3) is 1.77. The molecule has 0 saturated heterocycles. The number of fused-ring (bicyclic) bond motifs is 1. The van der Waals surface area contributed by atoms with Crippen molar-refractivity contribution in [2.75, 3.05) is 0 Å². The average Bonchev–Trinajstić information content (AvgIpc) is 2.96. The molecule has 2 aromatic rings. The van der Waals surface area contributed by atoms with E-state index in [1.807, 2.05) is 0 Å². The van der Waals surface area contributed by atoms with Crippen LogP contribution in [-0.4, -0.2) is 28.6 Å². The van der Waals surface area contributed by atoms with Crippen LogP contribution in [0.5, 0.6) is 0 Å². The van der Waals surface area contributed by atoms with Crippen molar-refractivity contribution < 1.29 is 0 Å². The fourth-order valence-electron chi connectivity index (χ4n) is 2.17. The topological polar surface area (TPSA) is 28.7 Å². The fraction of sp³-hybridized carbons (Fsp3) is 0.462. The third-order valence-corrected chi connectivity index (χ3v) is 9.25. The number of hydrogen-bond acceptors (Lipinski definition) is 1. The van der Waals surface area contributed by atoms with Gasteiger partial charge < -0.3 is 0 Å². The molecule has 84 valence electrons. The first-order valence-electron chi connectivity index (χ1n) is 6.04. The van der Waals surface area contributed by atoms with E-state index in [2.05, 4.69) is 43.2 Å². The van der Waals surface area contributed by atoms with Gasteiger partial charge in [0.25, 0.3) is 0 Å². The second-order valence-electron chi connectivity index (χ2n) is 5.89. The molecule has 2 nitrogen and oxygen atoms in total. The van der Waals surface area contributed by atoms with Gasteiger partial charge in [-0.3, -0.25) is 0 Å². The van der Waals surface area contributed by atoms with Crippen LogP contribution in [0.15, 0.2) is 18.2 Å². The number of nitrogens with one attached hydrogen (secondary N) is 1. The van der Waals surface area contributed by atoms with E-state index < -0.39 is 18.4 Å². The van der Waals surface area contributed by atoms with E-state index in [1.165, 1.54) is 29.4 Å². The molecule has 1 heterocycles. The van der Waals surface area contributed by atoms with Gasteiger partial charge in [0, 0.05) is 0 Å². The van der Waals surface area contributed by atoms with Gasteiger partial charge in [-0.25, -0.2) is 0 Å². The Hall–Kier alpha value is -0.511. The summed E-state index contributed by atoms with van der Waals surface area (Å²) in [4.78, 5) is 7.40. The van der Waals surface area contributed by atoms with Gasteiger partial charge in [-0.2, -0.15) is 0 Å². The standard InChI is InChI=1S/C10H9N2.3CH3.Sn/c1-2-4-9-8(3-1)10(12-11-9)7-5-6-7;;;;/h2-4,7H,5-6H2,(H,11,12);3*1H3;. The van der Waals surface area contributed by atoms with Gasteiger partial charge in [-0.1, -0.05) is 0 Å². The van der Waals surface area contributed by atoms with Crippen LogP contribution >= 0.6 is 0 Å². The molecule has 0 radical (unpaired) electrons. The van der Waals surface area contributed by atoms with Gasteiger partial charge >= 0.3 is 101 Å². The predicted octanol–water partition coefficient (Wildman–Crippen LogP) is 2.99. The minimum atomic E-state index is -1.93. The third-order valence-electron chi connectivity index (χ3n) is 3.42. The average molecular weight is 321 g/mol. The van der Waals surface area contributed by atoms with Crippen molar-refractivity contribution in [3.63, 3.8) is 0 Å². The Kier molecular flexibility index (Phi) is 2.32. The van der Waals surface area contributed by atoms with E-state index >= 15 is 0 Å². The zero-order chi connectivity index (χ0) is 11.3. The van der Waals surface area contributed by atoms with Gasteiger partial charge in [0.05, 0.1) is 0 Å². The van der Waals surface area contributed by atoms with Crippen LogP contribution in [0.1, 0.15) is 24.5 Å². The molecule has 1 N–H and O–H groups in total. The molecule has 0 amide bonds. The van der Waals surface area contributed by atoms with Crippen molar-refractivity contribution in [1.29, 1.82) is 0 Å². The second kappa shape index (κ2) is 3.49. The molecule has 1 aromatic carbocycles. The predicted molar refractivity (Wildman–Crippen MR) is 71.0 cm³/mol. The van der Waals surface area contributed by atoms with Crippen molar-refractivity contribution in [2.45, 2.75) is 33.6 Å². The number of aromatic nitrogens is 2. The van der Waals surface area contributed by atoms with Crippen molar-refractivity contribution >= 4 is 32.9 Å². The SMILES string of the molecule is [CH3][Sn]([CH3])([CH3])[c]1ccc2[nH]nc(C3CC3)c2c1. The number of H-pyrrole nitrogens is 1. The van der Waals surface area contributed by atoms with Crippen LogP contribution in [0, 0.1) is 0 Å². The molecule has 0 unspecified atom stereocenters. The number of aromatic amines is 1. The first-order chi connectivity index (χ1) is 7.55. The molecular formula is C13H18N2Sn. The normalized spacial score (nSPS) is 16.9. The van der Waals surface area contributed by atoms with E-state index in [4.69, 9.17) is 0 Å². The van der Waals surface area contributed by atoms with Crippen molar-refractivity contribution in [2.24, 2.45) is 0 Å².